The molecular weight excluding hydrogens is 260 g/mol. The van der Waals surface area contributed by atoms with Gasteiger partial charge in [0.25, 0.3) is 11.7 Å². The molecule has 0 atom stereocenters. The van der Waals surface area contributed by atoms with Crippen LogP contribution in [0.1, 0.15) is 17.3 Å². The van der Waals surface area contributed by atoms with Gasteiger partial charge in [0.15, 0.2) is 0 Å². The number of hydrogen-bond donors (Lipinski definition) is 0. The molecule has 1 heterocycles. The normalized spacial score (nSPS) is 13.2. The van der Waals surface area contributed by atoms with Crippen molar-refractivity contribution in [3.05, 3.63) is 54.0 Å². The van der Waals surface area contributed by atoms with Gasteiger partial charge < -0.3 is 14.2 Å². The lowest BCUT2D eigenvalue weighted by Gasteiger charge is -2.12. The lowest BCUT2D eigenvalue weighted by Crippen LogP contribution is -2.17. The van der Waals surface area contributed by atoms with Crippen LogP contribution in [0.3, 0.4) is 0 Å². The Balaban J connectivity index is 2.11. The van der Waals surface area contributed by atoms with Gasteiger partial charge in [-0.2, -0.15) is 0 Å². The SMILES string of the molecule is CCOC(=O)C(=O)c1cccc(OC2=CC=CCO2)c1. The van der Waals surface area contributed by atoms with Gasteiger partial charge in [-0.1, -0.05) is 18.2 Å². The Morgan fingerprint density at radius 1 is 1.35 bits per heavy atom. The van der Waals surface area contributed by atoms with Crippen molar-refractivity contribution in [2.45, 2.75) is 6.92 Å². The molecule has 20 heavy (non-hydrogen) atoms. The lowest BCUT2D eigenvalue weighted by atomic mass is 10.1. The molecule has 0 aromatic heterocycles. The third kappa shape index (κ3) is 3.47. The second kappa shape index (κ2) is 6.56. The zero-order chi connectivity index (χ0) is 14.4. The summed E-state index contributed by atoms with van der Waals surface area (Å²) < 4.78 is 15.4. The maximum Gasteiger partial charge on any atom is 0.379 e. The summed E-state index contributed by atoms with van der Waals surface area (Å²) in [7, 11) is 0. The van der Waals surface area contributed by atoms with Crippen molar-refractivity contribution in [1.82, 2.24) is 0 Å². The van der Waals surface area contributed by atoms with Gasteiger partial charge >= 0.3 is 5.97 Å². The van der Waals surface area contributed by atoms with E-state index in [1.165, 1.54) is 12.1 Å². The van der Waals surface area contributed by atoms with Gasteiger partial charge in [-0.05, 0) is 25.1 Å². The van der Waals surface area contributed by atoms with Gasteiger partial charge in [-0.15, -0.1) is 0 Å². The predicted molar refractivity (Wildman–Crippen MR) is 71.2 cm³/mol. The lowest BCUT2D eigenvalue weighted by molar-refractivity contribution is -0.137. The first-order valence-corrected chi connectivity index (χ1v) is 6.19. The first-order chi connectivity index (χ1) is 9.70. The Hall–Kier alpha value is -2.56. The third-order valence-corrected chi connectivity index (χ3v) is 2.47. The highest BCUT2D eigenvalue weighted by Crippen LogP contribution is 2.18. The monoisotopic (exact) mass is 274 g/mol. The van der Waals surface area contributed by atoms with Crippen LogP contribution < -0.4 is 4.74 Å². The summed E-state index contributed by atoms with van der Waals surface area (Å²) in [6.45, 7) is 2.24. The Labute approximate surface area is 116 Å². The maximum absolute atomic E-state index is 11.8. The van der Waals surface area contributed by atoms with E-state index < -0.39 is 11.8 Å². The van der Waals surface area contributed by atoms with Crippen molar-refractivity contribution in [2.24, 2.45) is 0 Å². The van der Waals surface area contributed by atoms with Crippen LogP contribution in [0.25, 0.3) is 0 Å². The number of carbonyl (C=O) groups is 2. The highest BCUT2D eigenvalue weighted by molar-refractivity contribution is 6.40. The van der Waals surface area contributed by atoms with E-state index in [-0.39, 0.29) is 12.2 Å². The van der Waals surface area contributed by atoms with Gasteiger partial charge in [-0.25, -0.2) is 4.79 Å². The van der Waals surface area contributed by atoms with Gasteiger partial charge in [0.2, 0.25) is 0 Å². The number of carbonyl (C=O) groups excluding carboxylic acids is 2. The number of ketones is 1. The zero-order valence-electron chi connectivity index (χ0n) is 11.0. The van der Waals surface area contributed by atoms with E-state index in [9.17, 15) is 9.59 Å². The molecule has 0 bridgehead atoms. The quantitative estimate of drug-likeness (QED) is 0.468. The van der Waals surface area contributed by atoms with E-state index in [1.807, 2.05) is 12.2 Å². The van der Waals surface area contributed by atoms with Crippen LogP contribution in [0, 0.1) is 0 Å². The smallest absolute Gasteiger partial charge is 0.379 e. The van der Waals surface area contributed by atoms with Crippen LogP contribution >= 0.6 is 0 Å². The van der Waals surface area contributed by atoms with E-state index in [0.717, 1.165) is 0 Å². The van der Waals surface area contributed by atoms with Crippen molar-refractivity contribution >= 4 is 11.8 Å². The molecule has 0 unspecified atom stereocenters. The van der Waals surface area contributed by atoms with E-state index in [4.69, 9.17) is 9.47 Å². The average Bonchev–Trinajstić information content (AvgIpc) is 2.48. The standard InChI is InChI=1S/C15H14O5/c1-2-18-15(17)14(16)11-6-5-7-12(10-11)20-13-8-3-4-9-19-13/h3-8,10H,2,9H2,1H3. The first-order valence-electron chi connectivity index (χ1n) is 6.19. The molecular formula is C15H14O5. The zero-order valence-corrected chi connectivity index (χ0v) is 11.0. The molecule has 0 spiro atoms. The minimum Gasteiger partial charge on any atom is -0.461 e. The predicted octanol–water partition coefficient (Wildman–Crippen LogP) is 2.24. The molecule has 0 saturated carbocycles. The molecule has 1 aliphatic heterocycles. The summed E-state index contributed by atoms with van der Waals surface area (Å²) in [6.07, 6.45) is 5.32. The van der Waals surface area contributed by atoms with E-state index in [0.29, 0.717) is 18.3 Å². The second-order valence-corrected chi connectivity index (χ2v) is 3.90. The maximum atomic E-state index is 11.8. The fourth-order valence-corrected chi connectivity index (χ4v) is 1.58. The molecule has 1 aromatic rings. The molecule has 0 amide bonds. The molecule has 2 rings (SSSR count). The molecule has 0 fully saturated rings. The molecule has 1 aromatic carbocycles. The van der Waals surface area contributed by atoms with Gasteiger partial charge in [0.05, 0.1) is 6.61 Å². The average molecular weight is 274 g/mol. The molecule has 104 valence electrons. The Morgan fingerprint density at radius 3 is 2.90 bits per heavy atom. The number of Topliss-reactive ketones (excluding diaryl/α,β-unsaturated/α-hetero) is 1. The molecule has 0 saturated heterocycles. The van der Waals surface area contributed by atoms with Crippen molar-refractivity contribution in [2.75, 3.05) is 13.2 Å². The summed E-state index contributed by atoms with van der Waals surface area (Å²) in [5.41, 5.74) is 0.216. The van der Waals surface area contributed by atoms with E-state index in [2.05, 4.69) is 4.74 Å². The minimum absolute atomic E-state index is 0.161. The molecule has 5 heteroatoms. The van der Waals surface area contributed by atoms with Crippen molar-refractivity contribution < 1.29 is 23.8 Å². The van der Waals surface area contributed by atoms with Crippen molar-refractivity contribution in [1.29, 1.82) is 0 Å². The highest BCUT2D eigenvalue weighted by atomic mass is 16.7. The fourth-order valence-electron chi connectivity index (χ4n) is 1.58. The number of esters is 1. The summed E-state index contributed by atoms with van der Waals surface area (Å²) in [6, 6.07) is 6.30. The number of hydrogen-bond acceptors (Lipinski definition) is 5. The molecule has 0 aliphatic carbocycles. The van der Waals surface area contributed by atoms with Gasteiger partial charge in [-0.3, -0.25) is 4.79 Å². The number of rotatable bonds is 5. The highest BCUT2D eigenvalue weighted by Gasteiger charge is 2.18. The van der Waals surface area contributed by atoms with Crippen LogP contribution in [0.4, 0.5) is 0 Å². The van der Waals surface area contributed by atoms with Gasteiger partial charge in [0.1, 0.15) is 12.4 Å². The topological polar surface area (TPSA) is 61.8 Å². The molecule has 5 nitrogen and oxygen atoms in total. The Bertz CT molecular complexity index is 571. The van der Waals surface area contributed by atoms with E-state index in [1.54, 1.807) is 25.1 Å². The second-order valence-electron chi connectivity index (χ2n) is 3.90. The summed E-state index contributed by atoms with van der Waals surface area (Å²) in [5, 5.41) is 0. The third-order valence-electron chi connectivity index (χ3n) is 2.47. The van der Waals surface area contributed by atoms with Crippen LogP contribution in [0.15, 0.2) is 48.4 Å². The number of benzene rings is 1. The van der Waals surface area contributed by atoms with Crippen LogP contribution in [0.2, 0.25) is 0 Å². The molecule has 1 aliphatic rings. The summed E-state index contributed by atoms with van der Waals surface area (Å²) >= 11 is 0. The largest absolute Gasteiger partial charge is 0.461 e. The van der Waals surface area contributed by atoms with E-state index >= 15 is 0 Å². The fraction of sp³-hybridized carbons (Fsp3) is 0.200. The van der Waals surface area contributed by atoms with Crippen LogP contribution in [-0.2, 0) is 14.3 Å². The minimum atomic E-state index is -0.874. The molecule has 0 radical (unpaired) electrons. The van der Waals surface area contributed by atoms with Crippen molar-refractivity contribution in [3.63, 3.8) is 0 Å². The summed E-state index contributed by atoms with van der Waals surface area (Å²) in [4.78, 5) is 23.2. The first kappa shape index (κ1) is 13.9. The van der Waals surface area contributed by atoms with Gasteiger partial charge in [0, 0.05) is 11.6 Å². The van der Waals surface area contributed by atoms with Crippen molar-refractivity contribution in [3.8, 4) is 5.75 Å². The van der Waals surface area contributed by atoms with Crippen LogP contribution in [0.5, 0.6) is 5.75 Å². The number of ether oxygens (including phenoxy) is 3. The summed E-state index contributed by atoms with van der Waals surface area (Å²) in [5.74, 6) is -0.814. The van der Waals surface area contributed by atoms with Crippen LogP contribution in [-0.4, -0.2) is 25.0 Å². The number of allylic oxidation sites excluding steroid dienone is 2. The Kier molecular flexibility index (Phi) is 4.55. The molecule has 0 N–H and O–H groups in total. The Morgan fingerprint density at radius 2 is 2.20 bits per heavy atom.